The number of hydrogen-bond donors (Lipinski definition) is 1. The number of carbonyl (C=O) groups excluding carboxylic acids is 1. The van der Waals surface area contributed by atoms with Gasteiger partial charge in [-0.2, -0.15) is 0 Å². The zero-order valence-corrected chi connectivity index (χ0v) is 12.1. The number of piperidine rings is 1. The number of likely N-dealkylation sites (tertiary alicyclic amines) is 1. The van der Waals surface area contributed by atoms with E-state index in [9.17, 15) is 4.79 Å². The van der Waals surface area contributed by atoms with Crippen molar-refractivity contribution in [3.05, 3.63) is 21.4 Å². The minimum Gasteiger partial charge on any atom is -0.342 e. The maximum atomic E-state index is 11.9. The highest BCUT2D eigenvalue weighted by atomic mass is 32.1. The predicted octanol–water partition coefficient (Wildman–Crippen LogP) is 2.47. The molecule has 0 aromatic carbocycles. The monoisotopic (exact) mass is 266 g/mol. The fraction of sp³-hybridized carbons (Fsp3) is 0.643. The van der Waals surface area contributed by atoms with E-state index in [4.69, 9.17) is 0 Å². The molecule has 4 heteroatoms. The van der Waals surface area contributed by atoms with Gasteiger partial charge in [0.05, 0.1) is 6.54 Å². The Morgan fingerprint density at radius 2 is 2.06 bits per heavy atom. The number of carbonyl (C=O) groups is 1. The number of rotatable bonds is 4. The molecule has 100 valence electrons. The number of aryl methyl sites for hydroxylation is 2. The van der Waals surface area contributed by atoms with Gasteiger partial charge in [0.15, 0.2) is 0 Å². The van der Waals surface area contributed by atoms with E-state index in [0.717, 1.165) is 32.5 Å². The third-order valence-electron chi connectivity index (χ3n) is 3.44. The van der Waals surface area contributed by atoms with Crippen LogP contribution in [0.3, 0.4) is 0 Å². The summed E-state index contributed by atoms with van der Waals surface area (Å²) in [5.41, 5.74) is 1.32. The lowest BCUT2D eigenvalue weighted by Gasteiger charge is -2.26. The van der Waals surface area contributed by atoms with Crippen molar-refractivity contribution in [2.75, 3.05) is 19.6 Å². The third kappa shape index (κ3) is 3.56. The Morgan fingerprint density at radius 3 is 2.67 bits per heavy atom. The van der Waals surface area contributed by atoms with Crippen LogP contribution in [0.15, 0.2) is 6.07 Å². The molecular weight excluding hydrogens is 244 g/mol. The molecule has 1 aromatic heterocycles. The maximum Gasteiger partial charge on any atom is 0.236 e. The molecule has 1 saturated heterocycles. The van der Waals surface area contributed by atoms with Gasteiger partial charge in [0, 0.05) is 29.4 Å². The Labute approximate surface area is 113 Å². The van der Waals surface area contributed by atoms with Crippen molar-refractivity contribution in [1.82, 2.24) is 10.2 Å². The summed E-state index contributed by atoms with van der Waals surface area (Å²) in [6, 6.07) is 2.21. The Morgan fingerprint density at radius 1 is 1.33 bits per heavy atom. The minimum absolute atomic E-state index is 0.249. The van der Waals surface area contributed by atoms with E-state index in [1.807, 2.05) is 16.2 Å². The van der Waals surface area contributed by atoms with E-state index in [1.165, 1.54) is 21.7 Å². The first-order chi connectivity index (χ1) is 8.66. The van der Waals surface area contributed by atoms with Crippen molar-refractivity contribution in [3.8, 4) is 0 Å². The van der Waals surface area contributed by atoms with Crippen molar-refractivity contribution in [1.29, 1.82) is 0 Å². The molecule has 0 spiro atoms. The first-order valence-corrected chi connectivity index (χ1v) is 7.53. The van der Waals surface area contributed by atoms with Crippen LogP contribution < -0.4 is 5.32 Å². The molecule has 3 nitrogen and oxygen atoms in total. The predicted molar refractivity (Wildman–Crippen MR) is 75.9 cm³/mol. The molecule has 0 unspecified atom stereocenters. The Balaban J connectivity index is 1.74. The van der Waals surface area contributed by atoms with Gasteiger partial charge in [0.2, 0.25) is 5.91 Å². The second-order valence-electron chi connectivity index (χ2n) is 4.98. The van der Waals surface area contributed by atoms with Crippen molar-refractivity contribution >= 4 is 17.2 Å². The summed E-state index contributed by atoms with van der Waals surface area (Å²) in [4.78, 5) is 16.6. The second kappa shape index (κ2) is 6.34. The summed E-state index contributed by atoms with van der Waals surface area (Å²) < 4.78 is 0. The molecule has 1 aliphatic rings. The highest BCUT2D eigenvalue weighted by Crippen LogP contribution is 2.20. The van der Waals surface area contributed by atoms with Crippen LogP contribution in [0.1, 0.15) is 34.6 Å². The van der Waals surface area contributed by atoms with E-state index < -0.39 is 0 Å². The lowest BCUT2D eigenvalue weighted by molar-refractivity contribution is -0.131. The standard InChI is InChI=1S/C14H22N2OS/c1-11-8-13(12(2)18-11)9-15-10-14(17)16-6-4-3-5-7-16/h8,15H,3-7,9-10H2,1-2H3. The normalized spacial score (nSPS) is 16.0. The molecule has 0 atom stereocenters. The molecule has 1 aliphatic heterocycles. The number of hydrogen-bond acceptors (Lipinski definition) is 3. The van der Waals surface area contributed by atoms with Crippen LogP contribution in [-0.4, -0.2) is 30.4 Å². The van der Waals surface area contributed by atoms with Crippen LogP contribution in [0.2, 0.25) is 0 Å². The Kier molecular flexibility index (Phi) is 4.78. The zero-order chi connectivity index (χ0) is 13.0. The highest BCUT2D eigenvalue weighted by molar-refractivity contribution is 7.12. The second-order valence-corrected chi connectivity index (χ2v) is 6.44. The summed E-state index contributed by atoms with van der Waals surface area (Å²) in [6.45, 7) is 7.42. The van der Waals surface area contributed by atoms with Crippen LogP contribution in [0, 0.1) is 13.8 Å². The van der Waals surface area contributed by atoms with Gasteiger partial charge in [-0.3, -0.25) is 4.79 Å². The summed E-state index contributed by atoms with van der Waals surface area (Å²) in [6.07, 6.45) is 3.59. The SMILES string of the molecule is Cc1cc(CNCC(=O)N2CCCCC2)c(C)s1. The van der Waals surface area contributed by atoms with Crippen LogP contribution in [-0.2, 0) is 11.3 Å². The van der Waals surface area contributed by atoms with E-state index in [-0.39, 0.29) is 5.91 Å². The molecule has 1 fully saturated rings. The molecule has 1 amide bonds. The smallest absolute Gasteiger partial charge is 0.236 e. The lowest BCUT2D eigenvalue weighted by atomic mass is 10.1. The van der Waals surface area contributed by atoms with Crippen molar-refractivity contribution in [3.63, 3.8) is 0 Å². The van der Waals surface area contributed by atoms with Crippen LogP contribution in [0.4, 0.5) is 0 Å². The molecule has 1 aromatic rings. The zero-order valence-electron chi connectivity index (χ0n) is 11.3. The third-order valence-corrected chi connectivity index (χ3v) is 4.45. The molecule has 0 aliphatic carbocycles. The summed E-state index contributed by atoms with van der Waals surface area (Å²) in [5, 5.41) is 3.27. The molecule has 2 rings (SSSR count). The van der Waals surface area contributed by atoms with Crippen molar-refractivity contribution in [2.45, 2.75) is 39.7 Å². The summed E-state index contributed by atoms with van der Waals surface area (Å²) in [5.74, 6) is 0.249. The van der Waals surface area contributed by atoms with E-state index in [2.05, 4.69) is 25.2 Å². The van der Waals surface area contributed by atoms with Gasteiger partial charge in [-0.1, -0.05) is 0 Å². The van der Waals surface area contributed by atoms with Crippen LogP contribution in [0.25, 0.3) is 0 Å². The molecule has 18 heavy (non-hydrogen) atoms. The molecule has 0 saturated carbocycles. The Bertz CT molecular complexity index is 408. The highest BCUT2D eigenvalue weighted by Gasteiger charge is 2.15. The first kappa shape index (κ1) is 13.6. The van der Waals surface area contributed by atoms with E-state index >= 15 is 0 Å². The number of amides is 1. The van der Waals surface area contributed by atoms with E-state index in [1.54, 1.807) is 0 Å². The van der Waals surface area contributed by atoms with Gasteiger partial charge in [0.1, 0.15) is 0 Å². The van der Waals surface area contributed by atoms with Crippen molar-refractivity contribution in [2.24, 2.45) is 0 Å². The topological polar surface area (TPSA) is 32.3 Å². The van der Waals surface area contributed by atoms with Gasteiger partial charge in [0.25, 0.3) is 0 Å². The van der Waals surface area contributed by atoms with Gasteiger partial charge >= 0.3 is 0 Å². The van der Waals surface area contributed by atoms with Gasteiger partial charge in [-0.05, 0) is 44.7 Å². The fourth-order valence-corrected chi connectivity index (χ4v) is 3.36. The molecular formula is C14H22N2OS. The average molecular weight is 266 g/mol. The van der Waals surface area contributed by atoms with Gasteiger partial charge in [-0.25, -0.2) is 0 Å². The fourth-order valence-electron chi connectivity index (χ4n) is 2.42. The van der Waals surface area contributed by atoms with Crippen LogP contribution in [0.5, 0.6) is 0 Å². The average Bonchev–Trinajstić information content (AvgIpc) is 2.69. The summed E-state index contributed by atoms with van der Waals surface area (Å²) in [7, 11) is 0. The molecule has 0 bridgehead atoms. The number of nitrogens with one attached hydrogen (secondary N) is 1. The molecule has 0 radical (unpaired) electrons. The summed E-state index contributed by atoms with van der Waals surface area (Å²) >= 11 is 1.82. The molecule has 2 heterocycles. The largest absolute Gasteiger partial charge is 0.342 e. The minimum atomic E-state index is 0.249. The Hall–Kier alpha value is -0.870. The number of thiophene rings is 1. The molecule has 1 N–H and O–H groups in total. The van der Waals surface area contributed by atoms with Gasteiger partial charge < -0.3 is 10.2 Å². The van der Waals surface area contributed by atoms with Crippen molar-refractivity contribution < 1.29 is 4.79 Å². The maximum absolute atomic E-state index is 11.9. The number of nitrogens with zero attached hydrogens (tertiary/aromatic N) is 1. The van der Waals surface area contributed by atoms with Crippen LogP contribution >= 0.6 is 11.3 Å². The first-order valence-electron chi connectivity index (χ1n) is 6.71. The van der Waals surface area contributed by atoms with Gasteiger partial charge in [-0.15, -0.1) is 11.3 Å². The quantitative estimate of drug-likeness (QED) is 0.908. The van der Waals surface area contributed by atoms with E-state index in [0.29, 0.717) is 6.54 Å². The lowest BCUT2D eigenvalue weighted by Crippen LogP contribution is -2.40.